The van der Waals surface area contributed by atoms with Crippen LogP contribution in [0, 0.1) is 0 Å². The van der Waals surface area contributed by atoms with Crippen LogP contribution < -0.4 is 5.32 Å². The minimum atomic E-state index is -3.69. The van der Waals surface area contributed by atoms with Crippen molar-refractivity contribution in [3.05, 3.63) is 29.8 Å². The molecule has 1 N–H and O–H groups in total. The van der Waals surface area contributed by atoms with Crippen LogP contribution in [0.4, 0.5) is 0 Å². The molecule has 1 aromatic carbocycles. The van der Waals surface area contributed by atoms with Gasteiger partial charge in [-0.25, -0.2) is 17.5 Å². The molecule has 0 saturated heterocycles. The Hall–Kier alpha value is -2.46. The minimum Gasteiger partial charge on any atom is -0.452 e. The fourth-order valence-corrected chi connectivity index (χ4v) is 3.07. The predicted molar refractivity (Wildman–Crippen MR) is 96.4 cm³/mol. The molecule has 0 aliphatic heterocycles. The Morgan fingerprint density at radius 3 is 2.44 bits per heavy atom. The first-order valence-electron chi connectivity index (χ1n) is 8.34. The maximum atomic E-state index is 12.1. The number of hydrogen-bond donors (Lipinski definition) is 1. The number of benzene rings is 1. The van der Waals surface area contributed by atoms with Gasteiger partial charge >= 0.3 is 5.97 Å². The minimum absolute atomic E-state index is 0.0138. The highest BCUT2D eigenvalue weighted by Crippen LogP contribution is 2.18. The van der Waals surface area contributed by atoms with Gasteiger partial charge in [-0.3, -0.25) is 9.59 Å². The van der Waals surface area contributed by atoms with E-state index in [4.69, 9.17) is 4.74 Å². The Morgan fingerprint density at radius 2 is 1.85 bits per heavy atom. The molecular formula is C17H23N3O6S. The molecule has 2 amide bonds. The van der Waals surface area contributed by atoms with Crippen LogP contribution >= 0.6 is 0 Å². The van der Waals surface area contributed by atoms with Gasteiger partial charge in [0.05, 0.1) is 17.0 Å². The molecule has 0 heterocycles. The first-order valence-corrected chi connectivity index (χ1v) is 9.78. The van der Waals surface area contributed by atoms with Crippen LogP contribution in [0.1, 0.15) is 23.2 Å². The summed E-state index contributed by atoms with van der Waals surface area (Å²) in [6.45, 7) is -0.667. The van der Waals surface area contributed by atoms with Crippen LogP contribution in [0.2, 0.25) is 0 Å². The molecule has 2 rings (SSSR count). The topological polar surface area (TPSA) is 113 Å². The van der Waals surface area contributed by atoms with Crippen molar-refractivity contribution in [2.75, 3.05) is 34.3 Å². The average molecular weight is 397 g/mol. The largest absolute Gasteiger partial charge is 0.452 e. The summed E-state index contributed by atoms with van der Waals surface area (Å²) in [5.41, 5.74) is 0.0138. The summed E-state index contributed by atoms with van der Waals surface area (Å²) >= 11 is 0. The zero-order valence-corrected chi connectivity index (χ0v) is 16.3. The standard InChI is InChI=1S/C17H23N3O6S/c1-19(2)27(24,25)14-6-4-5-12(9-14)17(23)26-11-16(22)20(3)10-15(21)18-13-7-8-13/h4-6,9,13H,7-8,10-11H2,1-3H3,(H,18,21). The zero-order chi connectivity index (χ0) is 20.2. The van der Waals surface area contributed by atoms with Gasteiger partial charge in [0, 0.05) is 27.2 Å². The van der Waals surface area contributed by atoms with Crippen molar-refractivity contribution in [2.24, 2.45) is 0 Å². The third kappa shape index (κ3) is 5.76. The highest BCUT2D eigenvalue weighted by molar-refractivity contribution is 7.89. The number of esters is 1. The van der Waals surface area contributed by atoms with Crippen LogP contribution in [0.5, 0.6) is 0 Å². The van der Waals surface area contributed by atoms with Gasteiger partial charge in [0.25, 0.3) is 5.91 Å². The summed E-state index contributed by atoms with van der Waals surface area (Å²) in [4.78, 5) is 36.9. The first kappa shape index (κ1) is 20.8. The summed E-state index contributed by atoms with van der Waals surface area (Å²) < 4.78 is 30.2. The van der Waals surface area contributed by atoms with Crippen molar-refractivity contribution >= 4 is 27.8 Å². The van der Waals surface area contributed by atoms with Crippen molar-refractivity contribution < 1.29 is 27.5 Å². The van der Waals surface area contributed by atoms with E-state index in [9.17, 15) is 22.8 Å². The van der Waals surface area contributed by atoms with Crippen molar-refractivity contribution in [3.63, 3.8) is 0 Å². The van der Waals surface area contributed by atoms with Gasteiger partial charge < -0.3 is 15.0 Å². The van der Waals surface area contributed by atoms with E-state index in [1.807, 2.05) is 0 Å². The third-order valence-corrected chi connectivity index (χ3v) is 5.74. The lowest BCUT2D eigenvalue weighted by Gasteiger charge is -2.17. The van der Waals surface area contributed by atoms with E-state index in [0.717, 1.165) is 22.0 Å². The average Bonchev–Trinajstić information content (AvgIpc) is 3.42. The van der Waals surface area contributed by atoms with Gasteiger partial charge in [-0.1, -0.05) is 6.07 Å². The lowest BCUT2D eigenvalue weighted by Crippen LogP contribution is -2.40. The normalized spacial score (nSPS) is 13.9. The van der Waals surface area contributed by atoms with E-state index >= 15 is 0 Å². The number of likely N-dealkylation sites (N-methyl/N-ethyl adjacent to an activating group) is 1. The summed E-state index contributed by atoms with van der Waals surface area (Å²) in [7, 11) is 0.514. The molecule has 1 aromatic rings. The molecule has 1 saturated carbocycles. The fraction of sp³-hybridized carbons (Fsp3) is 0.471. The Balaban J connectivity index is 1.91. The molecule has 10 heteroatoms. The number of carbonyl (C=O) groups excluding carboxylic acids is 3. The van der Waals surface area contributed by atoms with Gasteiger partial charge in [-0.05, 0) is 31.0 Å². The molecule has 0 unspecified atom stereocenters. The second-order valence-electron chi connectivity index (χ2n) is 6.48. The molecule has 0 aromatic heterocycles. The number of ether oxygens (including phenoxy) is 1. The molecule has 148 valence electrons. The van der Waals surface area contributed by atoms with Crippen LogP contribution in [0.3, 0.4) is 0 Å². The van der Waals surface area contributed by atoms with E-state index in [1.54, 1.807) is 0 Å². The van der Waals surface area contributed by atoms with Gasteiger partial charge in [0.15, 0.2) is 6.61 Å². The van der Waals surface area contributed by atoms with Gasteiger partial charge in [0.2, 0.25) is 15.9 Å². The molecule has 0 bridgehead atoms. The highest BCUT2D eigenvalue weighted by Gasteiger charge is 2.25. The number of carbonyl (C=O) groups is 3. The van der Waals surface area contributed by atoms with Crippen LogP contribution in [0.15, 0.2) is 29.2 Å². The van der Waals surface area contributed by atoms with Gasteiger partial charge in [0.1, 0.15) is 0 Å². The third-order valence-electron chi connectivity index (χ3n) is 3.92. The zero-order valence-electron chi connectivity index (χ0n) is 15.5. The second-order valence-corrected chi connectivity index (χ2v) is 8.63. The molecule has 27 heavy (non-hydrogen) atoms. The maximum Gasteiger partial charge on any atom is 0.338 e. The van der Waals surface area contributed by atoms with Gasteiger partial charge in [-0.2, -0.15) is 0 Å². The molecule has 9 nitrogen and oxygen atoms in total. The number of sulfonamides is 1. The molecule has 0 atom stereocenters. The molecule has 1 fully saturated rings. The van der Waals surface area contributed by atoms with E-state index in [2.05, 4.69) is 5.32 Å². The van der Waals surface area contributed by atoms with E-state index < -0.39 is 28.5 Å². The quantitative estimate of drug-likeness (QED) is 0.610. The Kier molecular flexibility index (Phi) is 6.55. The summed E-state index contributed by atoms with van der Waals surface area (Å²) in [5.74, 6) is -1.62. The molecule has 0 radical (unpaired) electrons. The van der Waals surface area contributed by atoms with Crippen LogP contribution in [-0.2, 0) is 24.3 Å². The van der Waals surface area contributed by atoms with Crippen molar-refractivity contribution in [3.8, 4) is 0 Å². The van der Waals surface area contributed by atoms with E-state index in [0.29, 0.717) is 0 Å². The molecule has 1 aliphatic rings. The number of hydrogen-bond acceptors (Lipinski definition) is 6. The molecule has 0 spiro atoms. The van der Waals surface area contributed by atoms with Crippen LogP contribution in [0.25, 0.3) is 0 Å². The maximum absolute atomic E-state index is 12.1. The smallest absolute Gasteiger partial charge is 0.338 e. The lowest BCUT2D eigenvalue weighted by molar-refractivity contribution is -0.137. The van der Waals surface area contributed by atoms with Crippen molar-refractivity contribution in [2.45, 2.75) is 23.8 Å². The highest BCUT2D eigenvalue weighted by atomic mass is 32.2. The molecular weight excluding hydrogens is 374 g/mol. The summed E-state index contributed by atoms with van der Waals surface area (Å²) in [5, 5.41) is 2.76. The fourth-order valence-electron chi connectivity index (χ4n) is 2.12. The van der Waals surface area contributed by atoms with Crippen molar-refractivity contribution in [1.82, 2.24) is 14.5 Å². The Labute approximate surface area is 158 Å². The SMILES string of the molecule is CN(CC(=O)NC1CC1)C(=O)COC(=O)c1cccc(S(=O)(=O)N(C)C)c1. The van der Waals surface area contributed by atoms with Crippen molar-refractivity contribution in [1.29, 1.82) is 0 Å². The number of rotatable bonds is 8. The molecule has 1 aliphatic carbocycles. The second kappa shape index (κ2) is 8.49. The monoisotopic (exact) mass is 397 g/mol. The summed E-state index contributed by atoms with van der Waals surface area (Å²) in [6.07, 6.45) is 1.90. The lowest BCUT2D eigenvalue weighted by atomic mass is 10.2. The van der Waals surface area contributed by atoms with E-state index in [1.165, 1.54) is 45.4 Å². The van der Waals surface area contributed by atoms with Gasteiger partial charge in [-0.15, -0.1) is 0 Å². The number of nitrogens with one attached hydrogen (secondary N) is 1. The number of amides is 2. The first-order chi connectivity index (χ1) is 12.6. The van der Waals surface area contributed by atoms with E-state index in [-0.39, 0.29) is 29.0 Å². The predicted octanol–water partition coefficient (Wildman–Crippen LogP) is -0.169. The Morgan fingerprint density at radius 1 is 1.19 bits per heavy atom. The Bertz CT molecular complexity index is 833. The number of nitrogens with zero attached hydrogens (tertiary/aromatic N) is 2. The van der Waals surface area contributed by atoms with Crippen LogP contribution in [-0.4, -0.2) is 75.7 Å². The summed E-state index contributed by atoms with van der Waals surface area (Å²) in [6, 6.07) is 5.57.